The minimum absolute atomic E-state index is 0.989. The van der Waals surface area contributed by atoms with Crippen LogP contribution >= 0.6 is 0 Å². The molecule has 0 atom stereocenters. The van der Waals surface area contributed by atoms with E-state index < -0.39 is 0 Å². The van der Waals surface area contributed by atoms with Crippen LogP contribution in [0.4, 0.5) is 5.82 Å². The summed E-state index contributed by atoms with van der Waals surface area (Å²) < 4.78 is 0. The molecule has 3 rings (SSSR count). The Labute approximate surface area is 109 Å². The van der Waals surface area contributed by atoms with Crippen molar-refractivity contribution in [2.24, 2.45) is 4.99 Å². The second kappa shape index (κ2) is 5.09. The van der Waals surface area contributed by atoms with Crippen LogP contribution in [0, 0.1) is 6.92 Å². The summed E-state index contributed by atoms with van der Waals surface area (Å²) in [5.74, 6) is 1.14. The summed E-state index contributed by atoms with van der Waals surface area (Å²) in [6, 6.07) is 2.23. The van der Waals surface area contributed by atoms with Crippen LogP contribution in [0.3, 0.4) is 0 Å². The Hall–Kier alpha value is -1.38. The predicted octanol–water partition coefficient (Wildman–Crippen LogP) is 2.96. The van der Waals surface area contributed by atoms with E-state index in [1.165, 1.54) is 42.5 Å². The van der Waals surface area contributed by atoms with E-state index in [-0.39, 0.29) is 0 Å². The second-order valence-electron chi connectivity index (χ2n) is 5.34. The monoisotopic (exact) mass is 243 g/mol. The maximum Gasteiger partial charge on any atom is 0.128 e. The third kappa shape index (κ3) is 2.26. The van der Waals surface area contributed by atoms with Gasteiger partial charge in [0.2, 0.25) is 0 Å². The average molecular weight is 243 g/mol. The van der Waals surface area contributed by atoms with Gasteiger partial charge in [0.25, 0.3) is 0 Å². The quantitative estimate of drug-likeness (QED) is 0.799. The van der Waals surface area contributed by atoms with Gasteiger partial charge in [-0.3, -0.25) is 4.99 Å². The number of hydrogen-bond donors (Lipinski definition) is 0. The molecule has 0 saturated carbocycles. The third-order valence-corrected chi connectivity index (χ3v) is 3.96. The molecule has 1 aromatic heterocycles. The highest BCUT2D eigenvalue weighted by atomic mass is 15.2. The highest BCUT2D eigenvalue weighted by Crippen LogP contribution is 2.22. The molecular formula is C15H21N3. The van der Waals surface area contributed by atoms with Gasteiger partial charge in [-0.1, -0.05) is 0 Å². The van der Waals surface area contributed by atoms with Crippen LogP contribution < -0.4 is 4.90 Å². The normalized spacial score (nSPS) is 20.1. The zero-order valence-electron chi connectivity index (χ0n) is 11.2. The van der Waals surface area contributed by atoms with Crippen molar-refractivity contribution in [2.45, 2.75) is 39.0 Å². The number of rotatable bonds is 2. The van der Waals surface area contributed by atoms with Crippen LogP contribution in [-0.4, -0.2) is 30.3 Å². The van der Waals surface area contributed by atoms with Crippen molar-refractivity contribution in [1.82, 2.24) is 4.98 Å². The van der Waals surface area contributed by atoms with Gasteiger partial charge in [0, 0.05) is 37.1 Å². The summed E-state index contributed by atoms with van der Waals surface area (Å²) in [5, 5.41) is 0. The average Bonchev–Trinajstić information content (AvgIpc) is 2.93. The van der Waals surface area contributed by atoms with Crippen LogP contribution in [0.5, 0.6) is 0 Å². The first-order chi connectivity index (χ1) is 8.84. The van der Waals surface area contributed by atoms with Crippen LogP contribution in [0.15, 0.2) is 17.3 Å². The number of anilines is 1. The molecule has 96 valence electrons. The van der Waals surface area contributed by atoms with E-state index in [1.54, 1.807) is 0 Å². The van der Waals surface area contributed by atoms with E-state index in [0.717, 1.165) is 31.9 Å². The summed E-state index contributed by atoms with van der Waals surface area (Å²) in [6.07, 6.45) is 8.26. The van der Waals surface area contributed by atoms with Gasteiger partial charge in [-0.2, -0.15) is 0 Å². The molecule has 3 heteroatoms. The first-order valence-electron chi connectivity index (χ1n) is 7.10. The van der Waals surface area contributed by atoms with Crippen LogP contribution in [-0.2, 0) is 0 Å². The molecule has 1 aromatic rings. The molecule has 2 aliphatic rings. The molecule has 0 radical (unpaired) electrons. The fraction of sp³-hybridized carbons (Fsp3) is 0.600. The summed E-state index contributed by atoms with van der Waals surface area (Å²) >= 11 is 0. The number of aryl methyl sites for hydroxylation is 1. The fourth-order valence-corrected chi connectivity index (χ4v) is 2.88. The number of hydrogen-bond acceptors (Lipinski definition) is 3. The lowest BCUT2D eigenvalue weighted by Crippen LogP contribution is -2.19. The van der Waals surface area contributed by atoms with Gasteiger partial charge < -0.3 is 4.90 Å². The molecule has 3 nitrogen and oxygen atoms in total. The van der Waals surface area contributed by atoms with E-state index in [0.29, 0.717) is 0 Å². The van der Waals surface area contributed by atoms with Crippen LogP contribution in [0.2, 0.25) is 0 Å². The number of nitrogens with zero attached hydrogens (tertiary/aromatic N) is 3. The van der Waals surface area contributed by atoms with Crippen molar-refractivity contribution in [2.75, 3.05) is 24.5 Å². The molecule has 2 aliphatic heterocycles. The van der Waals surface area contributed by atoms with E-state index in [1.807, 2.05) is 6.20 Å². The number of aliphatic imine (C=N–C) groups is 1. The van der Waals surface area contributed by atoms with Gasteiger partial charge in [-0.05, 0) is 50.7 Å². The topological polar surface area (TPSA) is 28.5 Å². The molecule has 0 unspecified atom stereocenters. The first-order valence-corrected chi connectivity index (χ1v) is 7.10. The minimum atomic E-state index is 0.989. The zero-order chi connectivity index (χ0) is 12.4. The number of aromatic nitrogens is 1. The van der Waals surface area contributed by atoms with E-state index in [4.69, 9.17) is 0 Å². The molecule has 3 heterocycles. The first kappa shape index (κ1) is 11.7. The Balaban J connectivity index is 1.86. The van der Waals surface area contributed by atoms with Gasteiger partial charge >= 0.3 is 0 Å². The molecule has 18 heavy (non-hydrogen) atoms. The van der Waals surface area contributed by atoms with Gasteiger partial charge in [0.05, 0.1) is 0 Å². The summed E-state index contributed by atoms with van der Waals surface area (Å²) in [5.41, 5.74) is 3.85. The van der Waals surface area contributed by atoms with Crippen molar-refractivity contribution >= 4 is 11.5 Å². The minimum Gasteiger partial charge on any atom is -0.357 e. The summed E-state index contributed by atoms with van der Waals surface area (Å²) in [4.78, 5) is 11.7. The van der Waals surface area contributed by atoms with Gasteiger partial charge in [-0.25, -0.2) is 4.98 Å². The Bertz CT molecular complexity index is 459. The maximum absolute atomic E-state index is 4.65. The van der Waals surface area contributed by atoms with Crippen molar-refractivity contribution in [3.63, 3.8) is 0 Å². The lowest BCUT2D eigenvalue weighted by molar-refractivity contribution is 0.738. The Kier molecular flexibility index (Phi) is 3.31. The number of pyridine rings is 1. The van der Waals surface area contributed by atoms with Gasteiger partial charge in [0.15, 0.2) is 0 Å². The molecular weight excluding hydrogens is 222 g/mol. The highest BCUT2D eigenvalue weighted by Gasteiger charge is 2.16. The molecule has 0 aliphatic carbocycles. The highest BCUT2D eigenvalue weighted by molar-refractivity contribution is 6.02. The maximum atomic E-state index is 4.65. The molecule has 1 fully saturated rings. The molecule has 0 aromatic carbocycles. The SMILES string of the molecule is Cc1cc(N2CCCC2)ncc1C1=NCCCC1. The van der Waals surface area contributed by atoms with Crippen molar-refractivity contribution < 1.29 is 0 Å². The van der Waals surface area contributed by atoms with Crippen LogP contribution in [0.1, 0.15) is 43.2 Å². The predicted molar refractivity (Wildman–Crippen MR) is 75.7 cm³/mol. The molecule has 0 N–H and O–H groups in total. The zero-order valence-corrected chi connectivity index (χ0v) is 11.2. The molecule has 0 amide bonds. The summed E-state index contributed by atoms with van der Waals surface area (Å²) in [7, 11) is 0. The lowest BCUT2D eigenvalue weighted by Gasteiger charge is -2.19. The van der Waals surface area contributed by atoms with Crippen molar-refractivity contribution in [1.29, 1.82) is 0 Å². The largest absolute Gasteiger partial charge is 0.357 e. The third-order valence-electron chi connectivity index (χ3n) is 3.96. The standard InChI is InChI=1S/C15H21N3/c1-12-10-15(18-8-4-5-9-18)17-11-13(12)14-6-2-3-7-16-14/h10-11H,2-9H2,1H3. The van der Waals surface area contributed by atoms with Crippen LogP contribution in [0.25, 0.3) is 0 Å². The van der Waals surface area contributed by atoms with Gasteiger partial charge in [0.1, 0.15) is 5.82 Å². The molecule has 0 spiro atoms. The smallest absolute Gasteiger partial charge is 0.128 e. The fourth-order valence-electron chi connectivity index (χ4n) is 2.88. The molecule has 1 saturated heterocycles. The van der Waals surface area contributed by atoms with E-state index in [9.17, 15) is 0 Å². The van der Waals surface area contributed by atoms with E-state index >= 15 is 0 Å². The Morgan fingerprint density at radius 2 is 1.94 bits per heavy atom. The Morgan fingerprint density at radius 3 is 2.61 bits per heavy atom. The van der Waals surface area contributed by atoms with E-state index in [2.05, 4.69) is 27.9 Å². The van der Waals surface area contributed by atoms with Crippen molar-refractivity contribution in [3.05, 3.63) is 23.4 Å². The van der Waals surface area contributed by atoms with Gasteiger partial charge in [-0.15, -0.1) is 0 Å². The van der Waals surface area contributed by atoms with Crippen molar-refractivity contribution in [3.8, 4) is 0 Å². The second-order valence-corrected chi connectivity index (χ2v) is 5.34. The molecule has 0 bridgehead atoms. The Morgan fingerprint density at radius 1 is 1.11 bits per heavy atom. The lowest BCUT2D eigenvalue weighted by atomic mass is 10.00. The summed E-state index contributed by atoms with van der Waals surface area (Å²) in [6.45, 7) is 5.50.